The van der Waals surface area contributed by atoms with Gasteiger partial charge in [0.05, 0.1) is 17.9 Å². The molecule has 0 fully saturated rings. The average molecular weight is 400 g/mol. The highest BCUT2D eigenvalue weighted by Crippen LogP contribution is 2.25. The number of nitrogens with zero attached hydrogens (tertiary/aromatic N) is 1. The minimum atomic E-state index is -0.731. The third-order valence-electron chi connectivity index (χ3n) is 4.16. The molecule has 0 spiro atoms. The van der Waals surface area contributed by atoms with Gasteiger partial charge in [-0.3, -0.25) is 4.79 Å². The molecule has 7 heteroatoms. The maximum atomic E-state index is 13.8. The van der Waals surface area contributed by atoms with Gasteiger partial charge in [0.2, 0.25) is 5.91 Å². The summed E-state index contributed by atoms with van der Waals surface area (Å²) in [6, 6.07) is 8.69. The molecular formula is C22H22F2N2O3. The molecule has 3 rings (SSSR count). The van der Waals surface area contributed by atoms with Crippen molar-refractivity contribution in [2.45, 2.75) is 39.7 Å². The summed E-state index contributed by atoms with van der Waals surface area (Å²) in [6.07, 6.45) is 1.84. The molecule has 0 saturated carbocycles. The minimum Gasteiger partial charge on any atom is -0.491 e. The number of carbonyl (C=O) groups is 1. The number of benzene rings is 2. The molecular weight excluding hydrogens is 378 g/mol. The zero-order valence-electron chi connectivity index (χ0n) is 16.5. The Hall–Kier alpha value is -3.22. The van der Waals surface area contributed by atoms with Gasteiger partial charge >= 0.3 is 0 Å². The van der Waals surface area contributed by atoms with Gasteiger partial charge in [0.25, 0.3) is 0 Å². The van der Waals surface area contributed by atoms with Crippen molar-refractivity contribution >= 4 is 11.6 Å². The van der Waals surface area contributed by atoms with Gasteiger partial charge in [-0.05, 0) is 56.7 Å². The number of aryl methyl sites for hydroxylation is 2. The van der Waals surface area contributed by atoms with Gasteiger partial charge in [0, 0.05) is 24.6 Å². The van der Waals surface area contributed by atoms with Crippen molar-refractivity contribution in [3.8, 4) is 17.1 Å². The average Bonchev–Trinajstić information content (AvgIpc) is 3.10. The molecule has 3 aromatic rings. The molecule has 1 aromatic heterocycles. The zero-order valence-corrected chi connectivity index (χ0v) is 16.5. The summed E-state index contributed by atoms with van der Waals surface area (Å²) in [5, 5.41) is 2.85. The zero-order chi connectivity index (χ0) is 21.0. The third kappa shape index (κ3) is 5.40. The van der Waals surface area contributed by atoms with Gasteiger partial charge in [0.15, 0.2) is 11.7 Å². The van der Waals surface area contributed by atoms with Crippen LogP contribution in [0.3, 0.4) is 0 Å². The number of hydrogen-bond acceptors (Lipinski definition) is 4. The van der Waals surface area contributed by atoms with Crippen LogP contribution in [0.25, 0.3) is 11.3 Å². The number of halogens is 2. The van der Waals surface area contributed by atoms with Crippen LogP contribution >= 0.6 is 0 Å². The molecule has 5 nitrogen and oxygen atoms in total. The third-order valence-corrected chi connectivity index (χ3v) is 4.16. The number of rotatable bonds is 7. The van der Waals surface area contributed by atoms with E-state index in [1.54, 1.807) is 12.1 Å². The maximum absolute atomic E-state index is 13.8. The quantitative estimate of drug-likeness (QED) is 0.586. The molecule has 0 unspecified atom stereocenters. The Morgan fingerprint density at radius 3 is 2.69 bits per heavy atom. The molecule has 1 heterocycles. The van der Waals surface area contributed by atoms with E-state index in [1.807, 2.05) is 26.8 Å². The van der Waals surface area contributed by atoms with E-state index in [1.165, 1.54) is 12.3 Å². The molecule has 0 aliphatic rings. The van der Waals surface area contributed by atoms with E-state index in [9.17, 15) is 13.6 Å². The second-order valence-electron chi connectivity index (χ2n) is 6.93. The van der Waals surface area contributed by atoms with Crippen molar-refractivity contribution < 1.29 is 22.7 Å². The van der Waals surface area contributed by atoms with Gasteiger partial charge in [-0.2, -0.15) is 0 Å². The summed E-state index contributed by atoms with van der Waals surface area (Å²) >= 11 is 0. The Balaban J connectivity index is 1.58. The Morgan fingerprint density at radius 1 is 1.21 bits per heavy atom. The molecule has 0 saturated heterocycles. The number of nitrogens with one attached hydrogen (secondary N) is 1. The Morgan fingerprint density at radius 2 is 2.00 bits per heavy atom. The standard InChI is InChI=1S/C22H22F2N2O3/c1-13(2)28-16-5-7-19(14(3)10-16)26-21(27)8-9-22-25-12-20(29-22)17-6-4-15(23)11-18(17)24/h4-7,10-13H,8-9H2,1-3H3,(H,26,27). The summed E-state index contributed by atoms with van der Waals surface area (Å²) in [4.78, 5) is 16.3. The van der Waals surface area contributed by atoms with E-state index in [2.05, 4.69) is 10.3 Å². The first-order chi connectivity index (χ1) is 13.8. The SMILES string of the molecule is Cc1cc(OC(C)C)ccc1NC(=O)CCc1ncc(-c2ccc(F)cc2F)o1. The smallest absolute Gasteiger partial charge is 0.224 e. The Kier molecular flexibility index (Phi) is 6.26. The van der Waals surface area contributed by atoms with Crippen LogP contribution in [0.5, 0.6) is 5.75 Å². The fraction of sp³-hybridized carbons (Fsp3) is 0.273. The van der Waals surface area contributed by atoms with Crippen LogP contribution in [0.1, 0.15) is 31.7 Å². The van der Waals surface area contributed by atoms with Crippen LogP contribution < -0.4 is 10.1 Å². The van der Waals surface area contributed by atoms with E-state index in [-0.39, 0.29) is 36.2 Å². The molecule has 0 radical (unpaired) electrons. The summed E-state index contributed by atoms with van der Waals surface area (Å²) in [5.41, 5.74) is 1.71. The first-order valence-corrected chi connectivity index (χ1v) is 9.29. The second kappa shape index (κ2) is 8.86. The first-order valence-electron chi connectivity index (χ1n) is 9.29. The molecule has 0 atom stereocenters. The van der Waals surface area contributed by atoms with E-state index < -0.39 is 11.6 Å². The normalized spacial score (nSPS) is 11.0. The van der Waals surface area contributed by atoms with E-state index >= 15 is 0 Å². The molecule has 1 N–H and O–H groups in total. The van der Waals surface area contributed by atoms with Gasteiger partial charge < -0.3 is 14.5 Å². The number of anilines is 1. The van der Waals surface area contributed by atoms with Gasteiger partial charge in [-0.1, -0.05) is 0 Å². The molecule has 0 bridgehead atoms. The summed E-state index contributed by atoms with van der Waals surface area (Å²) in [6.45, 7) is 5.79. The van der Waals surface area contributed by atoms with Crippen molar-refractivity contribution in [2.75, 3.05) is 5.32 Å². The Bertz CT molecular complexity index is 1020. The van der Waals surface area contributed by atoms with E-state index in [0.717, 1.165) is 23.4 Å². The number of amides is 1. The van der Waals surface area contributed by atoms with Crippen LogP contribution in [0, 0.1) is 18.6 Å². The van der Waals surface area contributed by atoms with E-state index in [0.29, 0.717) is 11.6 Å². The fourth-order valence-corrected chi connectivity index (χ4v) is 2.79. The van der Waals surface area contributed by atoms with Gasteiger partial charge in [-0.15, -0.1) is 0 Å². The molecule has 2 aromatic carbocycles. The lowest BCUT2D eigenvalue weighted by Gasteiger charge is -2.13. The number of carbonyl (C=O) groups excluding carboxylic acids is 1. The highest BCUT2D eigenvalue weighted by Gasteiger charge is 2.13. The molecule has 1 amide bonds. The van der Waals surface area contributed by atoms with Crippen LogP contribution in [-0.4, -0.2) is 17.0 Å². The van der Waals surface area contributed by atoms with Crippen molar-refractivity contribution in [1.29, 1.82) is 0 Å². The summed E-state index contributed by atoms with van der Waals surface area (Å²) < 4.78 is 38.0. The lowest BCUT2D eigenvalue weighted by Crippen LogP contribution is -2.13. The van der Waals surface area contributed by atoms with Gasteiger partial charge in [-0.25, -0.2) is 13.8 Å². The predicted molar refractivity (Wildman–Crippen MR) is 106 cm³/mol. The van der Waals surface area contributed by atoms with Crippen LogP contribution in [0.15, 0.2) is 47.0 Å². The van der Waals surface area contributed by atoms with Crippen LogP contribution in [0.2, 0.25) is 0 Å². The first kappa shape index (κ1) is 20.5. The Labute approximate surface area is 167 Å². The summed E-state index contributed by atoms with van der Waals surface area (Å²) in [7, 11) is 0. The van der Waals surface area contributed by atoms with Crippen LogP contribution in [-0.2, 0) is 11.2 Å². The molecule has 0 aliphatic carbocycles. The topological polar surface area (TPSA) is 64.4 Å². The maximum Gasteiger partial charge on any atom is 0.224 e. The van der Waals surface area contributed by atoms with Crippen molar-refractivity contribution in [3.05, 3.63) is 65.7 Å². The van der Waals surface area contributed by atoms with Crippen LogP contribution in [0.4, 0.5) is 14.5 Å². The molecule has 0 aliphatic heterocycles. The highest BCUT2D eigenvalue weighted by molar-refractivity contribution is 5.91. The fourth-order valence-electron chi connectivity index (χ4n) is 2.79. The monoisotopic (exact) mass is 400 g/mol. The number of oxazole rings is 1. The van der Waals surface area contributed by atoms with Gasteiger partial charge in [0.1, 0.15) is 17.4 Å². The number of ether oxygens (including phenoxy) is 1. The highest BCUT2D eigenvalue weighted by atomic mass is 19.1. The largest absolute Gasteiger partial charge is 0.491 e. The molecule has 152 valence electrons. The summed E-state index contributed by atoms with van der Waals surface area (Å²) in [5.74, 6) is -0.354. The lowest BCUT2D eigenvalue weighted by molar-refractivity contribution is -0.116. The predicted octanol–water partition coefficient (Wildman–Crippen LogP) is 5.29. The van der Waals surface area contributed by atoms with Crippen molar-refractivity contribution in [3.63, 3.8) is 0 Å². The number of aromatic nitrogens is 1. The lowest BCUT2D eigenvalue weighted by atomic mass is 10.2. The van der Waals surface area contributed by atoms with Crippen molar-refractivity contribution in [2.24, 2.45) is 0 Å². The minimum absolute atomic E-state index is 0.0731. The second-order valence-corrected chi connectivity index (χ2v) is 6.93. The molecule has 29 heavy (non-hydrogen) atoms. The van der Waals surface area contributed by atoms with Crippen molar-refractivity contribution in [1.82, 2.24) is 4.98 Å². The number of hydrogen-bond donors (Lipinski definition) is 1. The van der Waals surface area contributed by atoms with E-state index in [4.69, 9.17) is 9.15 Å².